The fourth-order valence-electron chi connectivity index (χ4n) is 5.83. The highest BCUT2D eigenvalue weighted by Gasteiger charge is 2.36. The number of aromatic nitrogens is 1. The molecule has 1 aliphatic carbocycles. The van der Waals surface area contributed by atoms with Crippen LogP contribution in [0.4, 0.5) is 0 Å². The Bertz CT molecular complexity index is 1690. The summed E-state index contributed by atoms with van der Waals surface area (Å²) in [5.41, 5.74) is 9.34. The average Bonchev–Trinajstić information content (AvgIpc) is 3.27. The molecule has 1 heteroatoms. The Hall–Kier alpha value is -3.84. The zero-order chi connectivity index (χ0) is 21.4. The number of benzene rings is 5. The zero-order valence-electron chi connectivity index (χ0n) is 18.3. The summed E-state index contributed by atoms with van der Waals surface area (Å²) in [6.45, 7) is 4.71. The Kier molecular flexibility index (Phi) is 3.40. The van der Waals surface area contributed by atoms with Gasteiger partial charge in [-0.05, 0) is 51.9 Å². The molecular weight excluding hydrogens is 386 g/mol. The van der Waals surface area contributed by atoms with Gasteiger partial charge in [0.2, 0.25) is 0 Å². The van der Waals surface area contributed by atoms with Gasteiger partial charge in [-0.25, -0.2) is 0 Å². The number of fused-ring (bicyclic) bond motifs is 7. The monoisotopic (exact) mass is 409 g/mol. The van der Waals surface area contributed by atoms with Crippen molar-refractivity contribution in [2.45, 2.75) is 19.3 Å². The summed E-state index contributed by atoms with van der Waals surface area (Å²) in [6.07, 6.45) is 0. The van der Waals surface area contributed by atoms with Gasteiger partial charge in [0.05, 0.1) is 16.7 Å². The smallest absolute Gasteiger partial charge is 0.0547 e. The molecule has 1 aliphatic rings. The highest BCUT2D eigenvalue weighted by Crippen LogP contribution is 2.51. The first-order chi connectivity index (χ1) is 15.6. The van der Waals surface area contributed by atoms with Crippen LogP contribution in [0.3, 0.4) is 0 Å². The minimum absolute atomic E-state index is 0.00274. The van der Waals surface area contributed by atoms with Gasteiger partial charge in [0.15, 0.2) is 0 Å². The summed E-state index contributed by atoms with van der Waals surface area (Å²) in [4.78, 5) is 0. The summed E-state index contributed by atoms with van der Waals surface area (Å²) in [5, 5.41) is 5.18. The van der Waals surface area contributed by atoms with E-state index in [0.717, 1.165) is 0 Å². The second-order valence-electron chi connectivity index (χ2n) is 9.44. The second kappa shape index (κ2) is 6.11. The third-order valence-corrected chi connectivity index (χ3v) is 7.38. The normalized spacial score (nSPS) is 14.2. The molecule has 0 fully saturated rings. The molecular formula is C31H23N. The molecule has 0 saturated carbocycles. The van der Waals surface area contributed by atoms with E-state index in [4.69, 9.17) is 0 Å². The van der Waals surface area contributed by atoms with Crippen LogP contribution < -0.4 is 0 Å². The van der Waals surface area contributed by atoms with Gasteiger partial charge in [0.25, 0.3) is 0 Å². The van der Waals surface area contributed by atoms with Crippen molar-refractivity contribution in [3.8, 4) is 16.8 Å². The van der Waals surface area contributed by atoms with Gasteiger partial charge >= 0.3 is 0 Å². The zero-order valence-corrected chi connectivity index (χ0v) is 18.3. The van der Waals surface area contributed by atoms with Crippen molar-refractivity contribution in [1.82, 2.24) is 4.57 Å². The molecule has 0 amide bonds. The van der Waals surface area contributed by atoms with E-state index in [1.807, 2.05) is 0 Å². The minimum atomic E-state index is 0.00274. The first-order valence-electron chi connectivity index (χ1n) is 11.3. The van der Waals surface area contributed by atoms with Gasteiger partial charge in [0, 0.05) is 21.6 Å². The average molecular weight is 410 g/mol. The molecule has 0 atom stereocenters. The lowest BCUT2D eigenvalue weighted by atomic mass is 9.82. The first kappa shape index (κ1) is 17.8. The topological polar surface area (TPSA) is 4.93 Å². The van der Waals surface area contributed by atoms with Gasteiger partial charge < -0.3 is 4.57 Å². The molecule has 5 aromatic carbocycles. The van der Waals surface area contributed by atoms with Crippen molar-refractivity contribution >= 4 is 32.6 Å². The summed E-state index contributed by atoms with van der Waals surface area (Å²) in [7, 11) is 0. The SMILES string of the molecule is CC1(C)c2ccccc2-c2cc3c(cc21)c1ccccc1n3-c1cccc2ccccc12. The van der Waals surface area contributed by atoms with E-state index in [9.17, 15) is 0 Å². The lowest BCUT2D eigenvalue weighted by molar-refractivity contribution is 0.661. The number of para-hydroxylation sites is 1. The van der Waals surface area contributed by atoms with E-state index >= 15 is 0 Å². The van der Waals surface area contributed by atoms with Crippen LogP contribution >= 0.6 is 0 Å². The number of rotatable bonds is 1. The summed E-state index contributed by atoms with van der Waals surface area (Å²) >= 11 is 0. The van der Waals surface area contributed by atoms with Crippen molar-refractivity contribution in [3.05, 3.63) is 114 Å². The Balaban J connectivity index is 1.67. The maximum atomic E-state index is 2.46. The lowest BCUT2D eigenvalue weighted by Gasteiger charge is -2.21. The molecule has 1 aromatic heterocycles. The maximum absolute atomic E-state index is 2.46. The van der Waals surface area contributed by atoms with E-state index in [1.54, 1.807) is 0 Å². The molecule has 7 rings (SSSR count). The van der Waals surface area contributed by atoms with Crippen LogP contribution in [-0.2, 0) is 5.41 Å². The summed E-state index contributed by atoms with van der Waals surface area (Å²) in [5.74, 6) is 0. The molecule has 0 saturated heterocycles. The molecule has 0 aliphatic heterocycles. The van der Waals surface area contributed by atoms with E-state index in [1.165, 1.54) is 60.5 Å². The number of hydrogen-bond donors (Lipinski definition) is 0. The van der Waals surface area contributed by atoms with E-state index in [0.29, 0.717) is 0 Å². The fourth-order valence-corrected chi connectivity index (χ4v) is 5.83. The molecule has 0 N–H and O–H groups in total. The third-order valence-electron chi connectivity index (χ3n) is 7.38. The van der Waals surface area contributed by atoms with Gasteiger partial charge in [-0.1, -0.05) is 92.7 Å². The molecule has 152 valence electrons. The molecule has 0 radical (unpaired) electrons. The van der Waals surface area contributed by atoms with Gasteiger partial charge in [-0.15, -0.1) is 0 Å². The van der Waals surface area contributed by atoms with E-state index in [-0.39, 0.29) is 5.41 Å². The molecule has 6 aromatic rings. The van der Waals surface area contributed by atoms with Crippen LogP contribution in [0.15, 0.2) is 103 Å². The highest BCUT2D eigenvalue weighted by molar-refractivity contribution is 6.12. The quantitative estimate of drug-likeness (QED) is 0.258. The van der Waals surface area contributed by atoms with E-state index < -0.39 is 0 Å². The van der Waals surface area contributed by atoms with Crippen LogP contribution in [0.5, 0.6) is 0 Å². The molecule has 0 spiro atoms. The molecule has 32 heavy (non-hydrogen) atoms. The molecule has 0 unspecified atom stereocenters. The first-order valence-corrected chi connectivity index (χ1v) is 11.3. The van der Waals surface area contributed by atoms with Crippen molar-refractivity contribution < 1.29 is 0 Å². The van der Waals surface area contributed by atoms with Crippen molar-refractivity contribution in [3.63, 3.8) is 0 Å². The van der Waals surface area contributed by atoms with E-state index in [2.05, 4.69) is 122 Å². The molecule has 1 heterocycles. The van der Waals surface area contributed by atoms with Crippen LogP contribution in [0.2, 0.25) is 0 Å². The van der Waals surface area contributed by atoms with Crippen molar-refractivity contribution in [1.29, 1.82) is 0 Å². The van der Waals surface area contributed by atoms with Crippen molar-refractivity contribution in [2.75, 3.05) is 0 Å². The molecule has 1 nitrogen and oxygen atoms in total. The standard InChI is InChI=1S/C31H23N/c1-31(2)26-15-7-5-13-22(26)24-19-30-25(18-27(24)31)23-14-6-8-16-29(23)32(30)28-17-9-11-20-10-3-4-12-21(20)28/h3-19H,1-2H3. The fraction of sp³-hybridized carbons (Fsp3) is 0.0968. The van der Waals surface area contributed by atoms with Gasteiger partial charge in [-0.3, -0.25) is 0 Å². The largest absolute Gasteiger partial charge is 0.309 e. The van der Waals surface area contributed by atoms with Crippen LogP contribution in [0, 0.1) is 0 Å². The summed E-state index contributed by atoms with van der Waals surface area (Å²) < 4.78 is 2.46. The molecule has 0 bridgehead atoms. The van der Waals surface area contributed by atoms with Crippen LogP contribution in [-0.4, -0.2) is 4.57 Å². The Morgan fingerprint density at radius 1 is 0.531 bits per heavy atom. The van der Waals surface area contributed by atoms with Gasteiger partial charge in [0.1, 0.15) is 0 Å². The second-order valence-corrected chi connectivity index (χ2v) is 9.44. The maximum Gasteiger partial charge on any atom is 0.0547 e. The number of nitrogens with zero attached hydrogens (tertiary/aromatic N) is 1. The predicted molar refractivity (Wildman–Crippen MR) is 136 cm³/mol. The van der Waals surface area contributed by atoms with Crippen molar-refractivity contribution in [2.24, 2.45) is 0 Å². The Labute approximate surface area is 187 Å². The lowest BCUT2D eigenvalue weighted by Crippen LogP contribution is -2.14. The van der Waals surface area contributed by atoms with Crippen LogP contribution in [0.25, 0.3) is 49.4 Å². The Morgan fingerprint density at radius 3 is 2.16 bits per heavy atom. The third kappa shape index (κ3) is 2.18. The minimum Gasteiger partial charge on any atom is -0.309 e. The van der Waals surface area contributed by atoms with Gasteiger partial charge in [-0.2, -0.15) is 0 Å². The number of hydrogen-bond acceptors (Lipinski definition) is 0. The van der Waals surface area contributed by atoms with Crippen LogP contribution in [0.1, 0.15) is 25.0 Å². The highest BCUT2D eigenvalue weighted by atomic mass is 15.0. The predicted octanol–water partition coefficient (Wildman–Crippen LogP) is 8.24. The Morgan fingerprint density at radius 2 is 1.25 bits per heavy atom. The summed E-state index contributed by atoms with van der Waals surface area (Å²) in [6, 6.07) is 37.9.